The molecule has 3 N–H and O–H groups in total. The van der Waals surface area contributed by atoms with Crippen molar-refractivity contribution >= 4 is 12.0 Å². The second-order valence-corrected chi connectivity index (χ2v) is 3.90. The van der Waals surface area contributed by atoms with E-state index in [1.165, 1.54) is 5.56 Å². The molecule has 98 valence electrons. The Kier molecular flexibility index (Phi) is 6.32. The van der Waals surface area contributed by atoms with E-state index >= 15 is 0 Å². The predicted molar refractivity (Wildman–Crippen MR) is 67.9 cm³/mol. The van der Waals surface area contributed by atoms with Crippen LogP contribution in [0.15, 0.2) is 30.3 Å². The summed E-state index contributed by atoms with van der Waals surface area (Å²) in [4.78, 5) is 21.4. The number of benzene rings is 1. The van der Waals surface area contributed by atoms with Crippen LogP contribution in [-0.4, -0.2) is 25.2 Å². The first-order chi connectivity index (χ1) is 8.68. The van der Waals surface area contributed by atoms with E-state index in [-0.39, 0.29) is 6.54 Å². The maximum Gasteiger partial charge on any atom is 0.407 e. The number of hydrogen-bond acceptors (Lipinski definition) is 3. The van der Waals surface area contributed by atoms with Crippen molar-refractivity contribution in [3.8, 4) is 0 Å². The van der Waals surface area contributed by atoms with Gasteiger partial charge < -0.3 is 15.8 Å². The van der Waals surface area contributed by atoms with E-state index in [0.29, 0.717) is 6.61 Å². The first-order valence-electron chi connectivity index (χ1n) is 5.91. The van der Waals surface area contributed by atoms with Gasteiger partial charge in [0, 0.05) is 0 Å². The van der Waals surface area contributed by atoms with Gasteiger partial charge in [0.25, 0.3) is 0 Å². The quantitative estimate of drug-likeness (QED) is 0.714. The Balaban J connectivity index is 2.02. The second kappa shape index (κ2) is 8.11. The standard InChI is InChI=1S/C13H18N2O3/c14-12(16)10-15-13(17)18-9-5-4-8-11-6-2-1-3-7-11/h1-3,6-7H,4-5,8-10H2,(H2,14,16)(H,15,17). The Bertz CT molecular complexity index is 379. The molecular formula is C13H18N2O3. The summed E-state index contributed by atoms with van der Waals surface area (Å²) in [5.74, 6) is -0.587. The fraction of sp³-hybridized carbons (Fsp3) is 0.385. The molecule has 2 amide bonds. The van der Waals surface area contributed by atoms with Crippen LogP contribution in [0.25, 0.3) is 0 Å². The number of carbonyl (C=O) groups excluding carboxylic acids is 2. The lowest BCUT2D eigenvalue weighted by molar-refractivity contribution is -0.117. The van der Waals surface area contributed by atoms with Crippen molar-refractivity contribution in [2.45, 2.75) is 19.3 Å². The molecule has 0 aliphatic rings. The van der Waals surface area contributed by atoms with Crippen molar-refractivity contribution in [3.05, 3.63) is 35.9 Å². The van der Waals surface area contributed by atoms with Gasteiger partial charge in [0.05, 0.1) is 13.2 Å². The van der Waals surface area contributed by atoms with E-state index in [2.05, 4.69) is 17.4 Å². The third kappa shape index (κ3) is 6.52. The molecule has 0 spiro atoms. The third-order valence-electron chi connectivity index (χ3n) is 2.34. The zero-order valence-electron chi connectivity index (χ0n) is 10.2. The fourth-order valence-corrected chi connectivity index (χ4v) is 1.45. The molecule has 0 heterocycles. The van der Waals surface area contributed by atoms with Gasteiger partial charge in [-0.2, -0.15) is 0 Å². The molecule has 5 nitrogen and oxygen atoms in total. The average Bonchev–Trinajstić information content (AvgIpc) is 2.37. The van der Waals surface area contributed by atoms with Crippen LogP contribution in [0, 0.1) is 0 Å². The molecule has 0 aromatic heterocycles. The maximum atomic E-state index is 11.0. The normalized spacial score (nSPS) is 9.78. The van der Waals surface area contributed by atoms with E-state index in [9.17, 15) is 9.59 Å². The molecule has 0 radical (unpaired) electrons. The van der Waals surface area contributed by atoms with Crippen molar-refractivity contribution in [3.63, 3.8) is 0 Å². The lowest BCUT2D eigenvalue weighted by Gasteiger charge is -2.05. The molecule has 1 aromatic carbocycles. The SMILES string of the molecule is NC(=O)CNC(=O)OCCCCc1ccccc1. The summed E-state index contributed by atoms with van der Waals surface area (Å²) in [5, 5.41) is 2.25. The number of primary amides is 1. The Hall–Kier alpha value is -2.04. The zero-order chi connectivity index (χ0) is 13.2. The number of carbonyl (C=O) groups is 2. The number of nitrogens with two attached hydrogens (primary N) is 1. The summed E-state index contributed by atoms with van der Waals surface area (Å²) in [6, 6.07) is 10.1. The van der Waals surface area contributed by atoms with Crippen molar-refractivity contribution < 1.29 is 14.3 Å². The topological polar surface area (TPSA) is 81.4 Å². The van der Waals surface area contributed by atoms with Crippen LogP contribution in [0.2, 0.25) is 0 Å². The third-order valence-corrected chi connectivity index (χ3v) is 2.34. The molecule has 0 aliphatic carbocycles. The molecule has 1 aromatic rings. The number of aryl methyl sites for hydroxylation is 1. The Morgan fingerprint density at radius 3 is 2.56 bits per heavy atom. The minimum absolute atomic E-state index is 0.192. The predicted octanol–water partition coefficient (Wildman–Crippen LogP) is 1.22. The van der Waals surface area contributed by atoms with Gasteiger partial charge >= 0.3 is 6.09 Å². The highest BCUT2D eigenvalue weighted by molar-refractivity contribution is 5.80. The lowest BCUT2D eigenvalue weighted by Crippen LogP contribution is -2.33. The van der Waals surface area contributed by atoms with Gasteiger partial charge in [0.15, 0.2) is 0 Å². The van der Waals surface area contributed by atoms with Crippen LogP contribution in [0.5, 0.6) is 0 Å². The number of rotatable bonds is 7. The molecule has 5 heteroatoms. The van der Waals surface area contributed by atoms with Gasteiger partial charge in [-0.3, -0.25) is 4.79 Å². The summed E-state index contributed by atoms with van der Waals surface area (Å²) >= 11 is 0. The largest absolute Gasteiger partial charge is 0.450 e. The van der Waals surface area contributed by atoms with E-state index in [1.807, 2.05) is 18.2 Å². The fourth-order valence-electron chi connectivity index (χ4n) is 1.45. The summed E-state index contributed by atoms with van der Waals surface area (Å²) in [6.45, 7) is 0.153. The van der Waals surface area contributed by atoms with Crippen LogP contribution in [0.1, 0.15) is 18.4 Å². The molecule has 0 aliphatic heterocycles. The molecule has 0 atom stereocenters. The van der Waals surface area contributed by atoms with E-state index in [4.69, 9.17) is 10.5 Å². The molecule has 0 saturated heterocycles. The molecule has 1 rings (SSSR count). The van der Waals surface area contributed by atoms with Gasteiger partial charge in [-0.1, -0.05) is 30.3 Å². The van der Waals surface area contributed by atoms with Crippen LogP contribution in [0.3, 0.4) is 0 Å². The number of hydrogen-bond donors (Lipinski definition) is 2. The Labute approximate surface area is 106 Å². The van der Waals surface area contributed by atoms with Gasteiger partial charge in [-0.25, -0.2) is 4.79 Å². The van der Waals surface area contributed by atoms with E-state index in [1.54, 1.807) is 0 Å². The highest BCUT2D eigenvalue weighted by Crippen LogP contribution is 2.04. The maximum absolute atomic E-state index is 11.0. The molecule has 18 heavy (non-hydrogen) atoms. The van der Waals surface area contributed by atoms with Crippen LogP contribution in [-0.2, 0) is 16.0 Å². The van der Waals surface area contributed by atoms with E-state index < -0.39 is 12.0 Å². The van der Waals surface area contributed by atoms with Gasteiger partial charge in [0.1, 0.15) is 0 Å². The molecule has 0 saturated carbocycles. The number of amides is 2. The van der Waals surface area contributed by atoms with Crippen molar-refractivity contribution in [2.24, 2.45) is 5.73 Å². The Morgan fingerprint density at radius 2 is 1.89 bits per heavy atom. The summed E-state index contributed by atoms with van der Waals surface area (Å²) in [6.07, 6.45) is 2.10. The smallest absolute Gasteiger partial charge is 0.407 e. The minimum atomic E-state index is -0.603. The number of ether oxygens (including phenoxy) is 1. The number of nitrogens with one attached hydrogen (secondary N) is 1. The molecular weight excluding hydrogens is 232 g/mol. The molecule has 0 bridgehead atoms. The summed E-state index contributed by atoms with van der Waals surface area (Å²) in [5.41, 5.74) is 6.15. The number of unbranched alkanes of at least 4 members (excludes halogenated alkanes) is 1. The van der Waals surface area contributed by atoms with Crippen molar-refractivity contribution in [1.29, 1.82) is 0 Å². The Morgan fingerprint density at radius 1 is 1.17 bits per heavy atom. The second-order valence-electron chi connectivity index (χ2n) is 3.90. The first-order valence-corrected chi connectivity index (χ1v) is 5.91. The highest BCUT2D eigenvalue weighted by atomic mass is 16.5. The zero-order valence-corrected chi connectivity index (χ0v) is 10.2. The summed E-state index contributed by atoms with van der Waals surface area (Å²) < 4.78 is 4.87. The molecule has 0 fully saturated rings. The van der Waals surface area contributed by atoms with Crippen LogP contribution < -0.4 is 11.1 Å². The minimum Gasteiger partial charge on any atom is -0.450 e. The first kappa shape index (κ1) is 14.0. The monoisotopic (exact) mass is 250 g/mol. The van der Waals surface area contributed by atoms with E-state index in [0.717, 1.165) is 19.3 Å². The number of alkyl carbamates (subject to hydrolysis) is 1. The average molecular weight is 250 g/mol. The van der Waals surface area contributed by atoms with Crippen LogP contribution >= 0.6 is 0 Å². The van der Waals surface area contributed by atoms with Gasteiger partial charge in [0.2, 0.25) is 5.91 Å². The van der Waals surface area contributed by atoms with Crippen molar-refractivity contribution in [2.75, 3.05) is 13.2 Å². The van der Waals surface area contributed by atoms with Crippen LogP contribution in [0.4, 0.5) is 4.79 Å². The van der Waals surface area contributed by atoms with Crippen molar-refractivity contribution in [1.82, 2.24) is 5.32 Å². The lowest BCUT2D eigenvalue weighted by atomic mass is 10.1. The van der Waals surface area contributed by atoms with Gasteiger partial charge in [-0.15, -0.1) is 0 Å². The summed E-state index contributed by atoms with van der Waals surface area (Å²) in [7, 11) is 0. The highest BCUT2D eigenvalue weighted by Gasteiger charge is 2.02. The molecule has 0 unspecified atom stereocenters. The van der Waals surface area contributed by atoms with Gasteiger partial charge in [-0.05, 0) is 24.8 Å².